The zero-order valence-corrected chi connectivity index (χ0v) is 27.9. The summed E-state index contributed by atoms with van der Waals surface area (Å²) >= 11 is 0. The van der Waals surface area contributed by atoms with Gasteiger partial charge in [0.15, 0.2) is 12.3 Å². The van der Waals surface area contributed by atoms with Crippen LogP contribution < -0.4 is 15.4 Å². The molecule has 49 heavy (non-hydrogen) atoms. The summed E-state index contributed by atoms with van der Waals surface area (Å²) in [6.45, 7) is 5.03. The third-order valence-electron chi connectivity index (χ3n) is 7.03. The molecule has 10 nitrogen and oxygen atoms in total. The minimum Gasteiger partial charge on any atom is -0.484 e. The molecule has 0 radical (unpaired) electrons. The number of carbonyl (C=O) groups is 2. The van der Waals surface area contributed by atoms with Gasteiger partial charge in [0.25, 0.3) is 5.91 Å². The van der Waals surface area contributed by atoms with Gasteiger partial charge in [-0.1, -0.05) is 38.5 Å². The molecular weight excluding hydrogens is 638 g/mol. The monoisotopic (exact) mass is 682 g/mol. The van der Waals surface area contributed by atoms with Crippen molar-refractivity contribution in [1.82, 2.24) is 20.6 Å². The summed E-state index contributed by atoms with van der Waals surface area (Å²) in [5, 5.41) is 5.53. The average Bonchev–Trinajstić information content (AvgIpc) is 3.89. The molecule has 0 spiro atoms. The van der Waals surface area contributed by atoms with E-state index in [0.717, 1.165) is 28.6 Å². The van der Waals surface area contributed by atoms with E-state index in [1.807, 2.05) is 50.3 Å². The number of carbonyl (C=O) groups excluding carboxylic acids is 2. The second-order valence-corrected chi connectivity index (χ2v) is 10.5. The number of nitrogens with one attached hydrogen (secondary N) is 4. The number of amides is 2. The number of benzene rings is 1. The molecule has 4 rings (SSSR count). The van der Waals surface area contributed by atoms with Crippen molar-refractivity contribution in [2.75, 3.05) is 39.5 Å². The maximum absolute atomic E-state index is 13.9. The first kappa shape index (κ1) is 38.6. The zero-order valence-electron chi connectivity index (χ0n) is 27.9. The SMILES string of the molecule is CC.O=C(CCCCCNC(=O)COc1ccc(/C=C\c2ccc(/C=C3/C=CC(c4ccc[nH]4)=[N+]3B(F)F)[nH]2)cc1)NCCOCCOF. The van der Waals surface area contributed by atoms with Crippen molar-refractivity contribution in [3.63, 3.8) is 0 Å². The molecule has 0 saturated carbocycles. The van der Waals surface area contributed by atoms with Gasteiger partial charge in [-0.25, -0.2) is 13.1 Å². The van der Waals surface area contributed by atoms with Gasteiger partial charge < -0.3 is 30.1 Å². The Hall–Kier alpha value is -4.82. The van der Waals surface area contributed by atoms with E-state index < -0.39 is 7.40 Å². The maximum atomic E-state index is 13.9. The third kappa shape index (κ3) is 13.7. The van der Waals surface area contributed by atoms with E-state index in [0.29, 0.717) is 61.1 Å². The molecule has 2 aromatic heterocycles. The lowest BCUT2D eigenvalue weighted by atomic mass is 10.1. The zero-order chi connectivity index (χ0) is 35.3. The number of aromatic nitrogens is 2. The lowest BCUT2D eigenvalue weighted by Crippen LogP contribution is -2.29. The molecule has 0 aliphatic carbocycles. The normalized spacial score (nSPS) is 13.1. The highest BCUT2D eigenvalue weighted by atomic mass is 19.3. The van der Waals surface area contributed by atoms with Gasteiger partial charge in [-0.05, 0) is 65.4 Å². The Morgan fingerprint density at radius 3 is 2.39 bits per heavy atom. The van der Waals surface area contributed by atoms with Crippen LogP contribution in [0.15, 0.2) is 72.6 Å². The highest BCUT2D eigenvalue weighted by Gasteiger charge is 2.42. The summed E-state index contributed by atoms with van der Waals surface area (Å²) in [4.78, 5) is 33.5. The fraction of sp³-hybridized carbons (Fsp3) is 0.343. The summed E-state index contributed by atoms with van der Waals surface area (Å²) in [6, 6.07) is 14.5. The topological polar surface area (TPSA) is 120 Å². The Labute approximate surface area is 285 Å². The van der Waals surface area contributed by atoms with E-state index in [2.05, 4.69) is 25.5 Å². The van der Waals surface area contributed by atoms with Crippen LogP contribution in [0.2, 0.25) is 0 Å². The molecular formula is C35H44BF3N5O5+. The largest absolute Gasteiger partial charge is 0.935 e. The highest BCUT2D eigenvalue weighted by Crippen LogP contribution is 2.20. The fourth-order valence-electron chi connectivity index (χ4n) is 4.70. The number of unbranched alkanes of at least 4 members (excludes halogenated alkanes) is 2. The molecule has 14 heteroatoms. The lowest BCUT2D eigenvalue weighted by Gasteiger charge is -2.08. The molecule has 3 aromatic rings. The van der Waals surface area contributed by atoms with Gasteiger partial charge in [-0.2, -0.15) is 4.94 Å². The van der Waals surface area contributed by atoms with Gasteiger partial charge in [0.2, 0.25) is 11.6 Å². The second-order valence-electron chi connectivity index (χ2n) is 10.5. The molecule has 1 aromatic carbocycles. The van der Waals surface area contributed by atoms with E-state index in [1.165, 1.54) is 0 Å². The Kier molecular flexibility index (Phi) is 17.3. The Bertz CT molecular complexity index is 1550. The fourth-order valence-corrected chi connectivity index (χ4v) is 4.70. The van der Waals surface area contributed by atoms with Crippen LogP contribution in [0.25, 0.3) is 18.2 Å². The molecule has 4 N–H and O–H groups in total. The summed E-state index contributed by atoms with van der Waals surface area (Å²) in [7, 11) is -2.69. The van der Waals surface area contributed by atoms with Crippen molar-refractivity contribution in [2.24, 2.45) is 0 Å². The molecule has 1 aliphatic rings. The molecule has 262 valence electrons. The molecule has 0 bridgehead atoms. The van der Waals surface area contributed by atoms with E-state index in [1.54, 1.807) is 48.7 Å². The first-order chi connectivity index (χ1) is 23.9. The number of hydrogen-bond donors (Lipinski definition) is 4. The molecule has 1 aliphatic heterocycles. The van der Waals surface area contributed by atoms with E-state index in [4.69, 9.17) is 9.47 Å². The number of nitrogens with zero attached hydrogens (tertiary/aromatic N) is 1. The Morgan fingerprint density at radius 1 is 0.878 bits per heavy atom. The van der Waals surface area contributed by atoms with Crippen LogP contribution in [0, 0.1) is 0 Å². The minimum atomic E-state index is -2.69. The first-order valence-electron chi connectivity index (χ1n) is 16.4. The quantitative estimate of drug-likeness (QED) is 0.0866. The van der Waals surface area contributed by atoms with Crippen LogP contribution in [-0.4, -0.2) is 78.9 Å². The second kappa shape index (κ2) is 21.9. The smallest absolute Gasteiger partial charge is 0.484 e. The summed E-state index contributed by atoms with van der Waals surface area (Å²) < 4.78 is 50.8. The van der Waals surface area contributed by atoms with E-state index in [-0.39, 0.29) is 31.6 Å². The molecule has 0 atom stereocenters. The first-order valence-corrected chi connectivity index (χ1v) is 16.4. The molecule has 0 unspecified atom stereocenters. The Balaban J connectivity index is 0.00000319. The lowest BCUT2D eigenvalue weighted by molar-refractivity contribution is -0.340. The van der Waals surface area contributed by atoms with E-state index in [9.17, 15) is 22.7 Å². The predicted octanol–water partition coefficient (Wildman–Crippen LogP) is 5.97. The molecule has 0 fully saturated rings. The van der Waals surface area contributed by atoms with Crippen LogP contribution in [0.5, 0.6) is 5.75 Å². The maximum Gasteiger partial charge on any atom is 0.935 e. The number of aromatic amines is 2. The summed E-state index contributed by atoms with van der Waals surface area (Å²) in [5.74, 6) is 0.248. The van der Waals surface area contributed by atoms with Crippen LogP contribution in [-0.2, 0) is 19.3 Å². The van der Waals surface area contributed by atoms with Crippen molar-refractivity contribution >= 4 is 43.2 Å². The average molecular weight is 683 g/mol. The van der Waals surface area contributed by atoms with Gasteiger partial charge in [0.1, 0.15) is 18.1 Å². The number of hydrogen-bond acceptors (Lipinski definition) is 5. The standard InChI is InChI=1S/C33H37BF3N5O5.C2H6/c35-34(36)42-28(13-16-31(42)30-5-4-18-38-30)23-27-12-11-26(41-27)10-7-25-8-14-29(15-9-25)46-24-33(44)39-17-3-1-2-6-32(43)40-19-20-45-21-22-47-37;1-2/h4-5,7-16,18,23H,1-3,6,17,19-22,24H2,(H3,38,39,40,41,43,44);1-2H3/p+1/b10-7-;. The number of rotatable bonds is 20. The van der Waals surface area contributed by atoms with Gasteiger partial charge in [-0.3, -0.25) is 9.59 Å². The predicted molar refractivity (Wildman–Crippen MR) is 186 cm³/mol. The minimum absolute atomic E-state index is 0.0784. The van der Waals surface area contributed by atoms with Gasteiger partial charge >= 0.3 is 7.40 Å². The van der Waals surface area contributed by atoms with Crippen LogP contribution in [0.1, 0.15) is 62.2 Å². The molecule has 0 saturated heterocycles. The number of halogens is 3. The van der Waals surface area contributed by atoms with Gasteiger partial charge in [0.05, 0.1) is 13.2 Å². The van der Waals surface area contributed by atoms with Crippen molar-refractivity contribution in [3.05, 3.63) is 95.2 Å². The highest BCUT2D eigenvalue weighted by molar-refractivity contribution is 6.36. The van der Waals surface area contributed by atoms with Gasteiger partial charge in [-0.15, -0.1) is 0 Å². The molecule has 2 amide bonds. The van der Waals surface area contributed by atoms with Crippen LogP contribution in [0.4, 0.5) is 13.2 Å². The van der Waals surface area contributed by atoms with E-state index >= 15 is 0 Å². The van der Waals surface area contributed by atoms with Crippen molar-refractivity contribution in [3.8, 4) is 5.75 Å². The van der Waals surface area contributed by atoms with Crippen molar-refractivity contribution in [2.45, 2.75) is 39.5 Å². The van der Waals surface area contributed by atoms with Gasteiger partial charge in [0, 0.05) is 55.3 Å². The Morgan fingerprint density at radius 2 is 1.65 bits per heavy atom. The summed E-state index contributed by atoms with van der Waals surface area (Å²) in [5.41, 5.74) is 3.82. The number of H-pyrrole nitrogens is 2. The van der Waals surface area contributed by atoms with Crippen LogP contribution >= 0.6 is 0 Å². The number of allylic oxidation sites excluding steroid dienone is 2. The summed E-state index contributed by atoms with van der Waals surface area (Å²) in [6.07, 6.45) is 13.1. The van der Waals surface area contributed by atoms with Crippen molar-refractivity contribution < 1.29 is 41.6 Å². The third-order valence-corrected chi connectivity index (χ3v) is 7.03. The number of ether oxygens (including phenoxy) is 2. The molecule has 3 heterocycles. The van der Waals surface area contributed by atoms with Crippen molar-refractivity contribution in [1.29, 1.82) is 0 Å². The van der Waals surface area contributed by atoms with Crippen LogP contribution in [0.3, 0.4) is 0 Å².